The molecule has 2 aliphatic heterocycles. The molecular formula is C16H24N6O2. The molecular weight excluding hydrogens is 308 g/mol. The molecule has 0 aromatic carbocycles. The highest BCUT2D eigenvalue weighted by atomic mass is 16.3. The van der Waals surface area contributed by atoms with E-state index in [-0.39, 0.29) is 17.6 Å². The van der Waals surface area contributed by atoms with Crippen LogP contribution >= 0.6 is 0 Å². The van der Waals surface area contributed by atoms with E-state index in [0.29, 0.717) is 29.4 Å². The van der Waals surface area contributed by atoms with Crippen LogP contribution in [0.15, 0.2) is 11.0 Å². The SMILES string of the molecule is Cn1ncc2c(=O)[nH]c(CN3CC[C@@]4(CO)CCCN[C@@H]4C3)nc21. The van der Waals surface area contributed by atoms with Gasteiger partial charge in [0, 0.05) is 25.0 Å². The van der Waals surface area contributed by atoms with Crippen molar-refractivity contribution in [2.45, 2.75) is 31.8 Å². The molecule has 0 amide bonds. The average Bonchev–Trinajstić information content (AvgIpc) is 2.96. The second-order valence-corrected chi connectivity index (χ2v) is 7.13. The maximum absolute atomic E-state index is 12.2. The van der Waals surface area contributed by atoms with Crippen molar-refractivity contribution >= 4 is 11.0 Å². The van der Waals surface area contributed by atoms with Gasteiger partial charge in [0.1, 0.15) is 11.2 Å². The molecule has 8 heteroatoms. The van der Waals surface area contributed by atoms with Crippen molar-refractivity contribution in [2.24, 2.45) is 12.5 Å². The zero-order chi connectivity index (χ0) is 16.7. The van der Waals surface area contributed by atoms with Crippen LogP contribution in [0.4, 0.5) is 0 Å². The number of aromatic nitrogens is 4. The molecule has 4 heterocycles. The Morgan fingerprint density at radius 1 is 1.46 bits per heavy atom. The molecule has 24 heavy (non-hydrogen) atoms. The quantitative estimate of drug-likeness (QED) is 0.707. The van der Waals surface area contributed by atoms with Crippen molar-refractivity contribution < 1.29 is 5.11 Å². The molecule has 2 aromatic rings. The van der Waals surface area contributed by atoms with Gasteiger partial charge in [-0.2, -0.15) is 5.10 Å². The van der Waals surface area contributed by atoms with Crippen molar-refractivity contribution in [1.82, 2.24) is 30.0 Å². The lowest BCUT2D eigenvalue weighted by Gasteiger charge is -2.50. The standard InChI is InChI=1S/C16H24N6O2/c1-21-14-11(7-18-21)15(24)20-13(19-14)9-22-6-4-16(10-23)3-2-5-17-12(16)8-22/h7,12,17,23H,2-6,8-10H2,1H3,(H,19,20,24)/t12-,16-/m1/s1. The lowest BCUT2D eigenvalue weighted by molar-refractivity contribution is -0.0156. The van der Waals surface area contributed by atoms with Gasteiger partial charge in [0.25, 0.3) is 5.56 Å². The summed E-state index contributed by atoms with van der Waals surface area (Å²) >= 11 is 0. The average molecular weight is 332 g/mol. The van der Waals surface area contributed by atoms with E-state index in [1.54, 1.807) is 17.9 Å². The summed E-state index contributed by atoms with van der Waals surface area (Å²) in [6.45, 7) is 3.64. The van der Waals surface area contributed by atoms with Crippen LogP contribution < -0.4 is 10.9 Å². The summed E-state index contributed by atoms with van der Waals surface area (Å²) in [5, 5.41) is 18.1. The molecule has 0 unspecified atom stereocenters. The van der Waals surface area contributed by atoms with E-state index in [1.807, 2.05) is 0 Å². The van der Waals surface area contributed by atoms with Gasteiger partial charge in [0.05, 0.1) is 19.3 Å². The highest BCUT2D eigenvalue weighted by Gasteiger charge is 2.43. The van der Waals surface area contributed by atoms with Crippen molar-refractivity contribution in [3.8, 4) is 0 Å². The van der Waals surface area contributed by atoms with E-state index in [2.05, 4.69) is 25.3 Å². The number of aromatic amines is 1. The smallest absolute Gasteiger partial charge is 0.262 e. The molecule has 2 aromatic heterocycles. The van der Waals surface area contributed by atoms with Gasteiger partial charge in [-0.25, -0.2) is 4.98 Å². The maximum atomic E-state index is 12.2. The van der Waals surface area contributed by atoms with Crippen LogP contribution in [0.25, 0.3) is 11.0 Å². The minimum atomic E-state index is -0.138. The zero-order valence-corrected chi connectivity index (χ0v) is 14.0. The Bertz CT molecular complexity index is 799. The minimum absolute atomic E-state index is 0.0155. The molecule has 8 nitrogen and oxygen atoms in total. The Labute approximate surface area is 139 Å². The van der Waals surface area contributed by atoms with Gasteiger partial charge in [0.15, 0.2) is 5.65 Å². The van der Waals surface area contributed by atoms with Crippen LogP contribution in [-0.2, 0) is 13.6 Å². The lowest BCUT2D eigenvalue weighted by Crippen LogP contribution is -2.61. The molecule has 130 valence electrons. The first kappa shape index (κ1) is 15.7. The fourth-order valence-corrected chi connectivity index (χ4v) is 4.17. The molecule has 2 atom stereocenters. The number of rotatable bonds is 3. The fraction of sp³-hybridized carbons (Fsp3) is 0.688. The predicted molar refractivity (Wildman–Crippen MR) is 89.6 cm³/mol. The molecule has 4 rings (SSSR count). The fourth-order valence-electron chi connectivity index (χ4n) is 4.17. The molecule has 2 fully saturated rings. The van der Waals surface area contributed by atoms with Crippen molar-refractivity contribution in [1.29, 1.82) is 0 Å². The number of hydrogen-bond acceptors (Lipinski definition) is 6. The summed E-state index contributed by atoms with van der Waals surface area (Å²) < 4.78 is 1.63. The largest absolute Gasteiger partial charge is 0.396 e. The summed E-state index contributed by atoms with van der Waals surface area (Å²) in [4.78, 5) is 21.9. The van der Waals surface area contributed by atoms with Crippen molar-refractivity contribution in [2.75, 3.05) is 26.2 Å². The molecule has 0 saturated carbocycles. The Kier molecular flexibility index (Phi) is 3.90. The van der Waals surface area contributed by atoms with E-state index < -0.39 is 0 Å². The Morgan fingerprint density at radius 3 is 3.17 bits per heavy atom. The monoisotopic (exact) mass is 332 g/mol. The first-order chi connectivity index (χ1) is 11.6. The first-order valence-corrected chi connectivity index (χ1v) is 8.59. The number of hydrogen-bond donors (Lipinski definition) is 3. The topological polar surface area (TPSA) is 99.1 Å². The van der Waals surface area contributed by atoms with Crippen LogP contribution in [-0.4, -0.2) is 62.0 Å². The van der Waals surface area contributed by atoms with Crippen LogP contribution in [0.1, 0.15) is 25.1 Å². The highest BCUT2D eigenvalue weighted by molar-refractivity contribution is 5.72. The molecule has 0 spiro atoms. The van der Waals surface area contributed by atoms with E-state index in [9.17, 15) is 9.90 Å². The molecule has 2 aliphatic rings. The molecule has 3 N–H and O–H groups in total. The third kappa shape index (κ3) is 2.54. The van der Waals surface area contributed by atoms with Gasteiger partial charge in [-0.15, -0.1) is 0 Å². The van der Waals surface area contributed by atoms with Crippen LogP contribution in [0.3, 0.4) is 0 Å². The number of nitrogens with one attached hydrogen (secondary N) is 2. The normalized spacial score (nSPS) is 28.2. The van der Waals surface area contributed by atoms with Crippen LogP contribution in [0, 0.1) is 5.41 Å². The summed E-state index contributed by atoms with van der Waals surface area (Å²) in [6.07, 6.45) is 4.74. The van der Waals surface area contributed by atoms with Gasteiger partial charge in [0.2, 0.25) is 0 Å². The Hall–Kier alpha value is -1.77. The highest BCUT2D eigenvalue weighted by Crippen LogP contribution is 2.38. The van der Waals surface area contributed by atoms with Gasteiger partial charge < -0.3 is 15.4 Å². The van der Waals surface area contributed by atoms with Gasteiger partial charge in [-0.3, -0.25) is 14.4 Å². The Balaban J connectivity index is 1.54. The zero-order valence-electron chi connectivity index (χ0n) is 14.0. The summed E-state index contributed by atoms with van der Waals surface area (Å²) in [6, 6.07) is 0.303. The number of likely N-dealkylation sites (tertiary alicyclic amines) is 1. The third-order valence-electron chi connectivity index (χ3n) is 5.69. The van der Waals surface area contributed by atoms with E-state index in [4.69, 9.17) is 0 Å². The minimum Gasteiger partial charge on any atom is -0.396 e. The van der Waals surface area contributed by atoms with Crippen LogP contribution in [0.5, 0.6) is 0 Å². The first-order valence-electron chi connectivity index (χ1n) is 8.59. The number of nitrogens with zero attached hydrogens (tertiary/aromatic N) is 4. The number of aliphatic hydroxyl groups is 1. The molecule has 0 radical (unpaired) electrons. The second kappa shape index (κ2) is 5.94. The van der Waals surface area contributed by atoms with E-state index in [1.165, 1.54) is 0 Å². The summed E-state index contributed by atoms with van der Waals surface area (Å²) in [5.41, 5.74) is 0.494. The van der Waals surface area contributed by atoms with E-state index >= 15 is 0 Å². The number of aryl methyl sites for hydroxylation is 1. The number of aliphatic hydroxyl groups excluding tert-OH is 1. The summed E-state index contributed by atoms with van der Waals surface area (Å²) in [7, 11) is 1.79. The molecule has 2 saturated heterocycles. The second-order valence-electron chi connectivity index (χ2n) is 7.13. The van der Waals surface area contributed by atoms with Crippen molar-refractivity contribution in [3.05, 3.63) is 22.4 Å². The third-order valence-corrected chi connectivity index (χ3v) is 5.69. The molecule has 0 bridgehead atoms. The predicted octanol–water partition coefficient (Wildman–Crippen LogP) is -0.407. The number of H-pyrrole nitrogens is 1. The number of fused-ring (bicyclic) bond motifs is 2. The summed E-state index contributed by atoms with van der Waals surface area (Å²) in [5.74, 6) is 0.670. The lowest BCUT2D eigenvalue weighted by atomic mass is 9.70. The van der Waals surface area contributed by atoms with Crippen LogP contribution in [0.2, 0.25) is 0 Å². The van der Waals surface area contributed by atoms with Gasteiger partial charge in [-0.1, -0.05) is 0 Å². The maximum Gasteiger partial charge on any atom is 0.262 e. The van der Waals surface area contributed by atoms with E-state index in [0.717, 1.165) is 38.9 Å². The van der Waals surface area contributed by atoms with Gasteiger partial charge >= 0.3 is 0 Å². The molecule has 0 aliphatic carbocycles. The number of piperidine rings is 2. The van der Waals surface area contributed by atoms with Gasteiger partial charge in [-0.05, 0) is 32.4 Å². The van der Waals surface area contributed by atoms with Crippen molar-refractivity contribution in [3.63, 3.8) is 0 Å². The Morgan fingerprint density at radius 2 is 2.33 bits per heavy atom.